The molecule has 1 aliphatic carbocycles. The molecule has 4 atom stereocenters. The third-order valence-electron chi connectivity index (χ3n) is 12.1. The molecule has 0 radical (unpaired) electrons. The van der Waals surface area contributed by atoms with E-state index in [1.807, 2.05) is 12.1 Å². The average Bonchev–Trinajstić information content (AvgIpc) is 3.70. The summed E-state index contributed by atoms with van der Waals surface area (Å²) in [5.41, 5.74) is 11.4. The Hall–Kier alpha value is -4.84. The highest BCUT2D eigenvalue weighted by Gasteiger charge is 2.40. The molecular formula is C47H56N4O2. The lowest BCUT2D eigenvalue weighted by Gasteiger charge is -2.41. The maximum absolute atomic E-state index is 6.84. The van der Waals surface area contributed by atoms with Gasteiger partial charge in [0.25, 0.3) is 0 Å². The first-order valence-corrected chi connectivity index (χ1v) is 19.6. The van der Waals surface area contributed by atoms with Gasteiger partial charge in [-0.1, -0.05) is 91.2 Å². The molecule has 1 unspecified atom stereocenters. The zero-order valence-electron chi connectivity index (χ0n) is 33.5. The van der Waals surface area contributed by atoms with Gasteiger partial charge in [-0.3, -0.25) is 4.57 Å². The smallest absolute Gasteiger partial charge is 0.141 e. The first-order chi connectivity index (χ1) is 25.4. The summed E-state index contributed by atoms with van der Waals surface area (Å²) in [4.78, 5) is 4.75. The molecule has 3 heterocycles. The summed E-state index contributed by atoms with van der Waals surface area (Å²) in [7, 11) is 1.69. The minimum absolute atomic E-state index is 0.286. The predicted molar refractivity (Wildman–Crippen MR) is 220 cm³/mol. The zero-order chi connectivity index (χ0) is 37.7. The van der Waals surface area contributed by atoms with Gasteiger partial charge < -0.3 is 9.47 Å². The van der Waals surface area contributed by atoms with Crippen molar-refractivity contribution < 1.29 is 9.47 Å². The Bertz CT molecular complexity index is 2320. The molecule has 53 heavy (non-hydrogen) atoms. The highest BCUT2D eigenvalue weighted by Crippen LogP contribution is 2.50. The number of pyridine rings is 1. The van der Waals surface area contributed by atoms with Gasteiger partial charge in [0.2, 0.25) is 0 Å². The fourth-order valence-corrected chi connectivity index (χ4v) is 8.89. The molecule has 3 aromatic heterocycles. The summed E-state index contributed by atoms with van der Waals surface area (Å²) in [6, 6.07) is 25.4. The van der Waals surface area contributed by atoms with E-state index in [0.717, 1.165) is 58.0 Å². The monoisotopic (exact) mass is 708 g/mol. The Kier molecular flexibility index (Phi) is 10.0. The Morgan fingerprint density at radius 3 is 2.23 bits per heavy atom. The van der Waals surface area contributed by atoms with Crippen molar-refractivity contribution in [3.63, 3.8) is 0 Å². The van der Waals surface area contributed by atoms with Crippen molar-refractivity contribution in [1.29, 1.82) is 0 Å². The molecule has 276 valence electrons. The van der Waals surface area contributed by atoms with Crippen LogP contribution in [0.25, 0.3) is 33.3 Å². The first kappa shape index (κ1) is 36.5. The van der Waals surface area contributed by atoms with E-state index < -0.39 is 0 Å². The minimum Gasteiger partial charge on any atom is -0.497 e. The molecule has 0 amide bonds. The minimum atomic E-state index is 0.286. The van der Waals surface area contributed by atoms with Crippen molar-refractivity contribution in [3.8, 4) is 28.8 Å². The highest BCUT2D eigenvalue weighted by atomic mass is 16.5. The quantitative estimate of drug-likeness (QED) is 0.133. The van der Waals surface area contributed by atoms with Gasteiger partial charge in [0.05, 0.1) is 35.2 Å². The molecule has 6 nitrogen and oxygen atoms in total. The van der Waals surface area contributed by atoms with Crippen LogP contribution < -0.4 is 9.47 Å². The summed E-state index contributed by atoms with van der Waals surface area (Å²) >= 11 is 0. The van der Waals surface area contributed by atoms with Gasteiger partial charge in [0, 0.05) is 46.6 Å². The number of rotatable bonds is 10. The number of para-hydroxylation sites is 1. The maximum atomic E-state index is 6.84. The number of hydrogen-bond acceptors (Lipinski definition) is 4. The highest BCUT2D eigenvalue weighted by molar-refractivity contribution is 6.09. The molecule has 0 N–H and O–H groups in total. The number of aromatic nitrogens is 4. The van der Waals surface area contributed by atoms with Gasteiger partial charge in [-0.05, 0) is 91.8 Å². The Morgan fingerprint density at radius 1 is 0.755 bits per heavy atom. The van der Waals surface area contributed by atoms with Crippen LogP contribution in [0.4, 0.5) is 0 Å². The van der Waals surface area contributed by atoms with E-state index in [0.29, 0.717) is 29.6 Å². The summed E-state index contributed by atoms with van der Waals surface area (Å²) < 4.78 is 16.9. The lowest BCUT2D eigenvalue weighted by atomic mass is 9.63. The van der Waals surface area contributed by atoms with Gasteiger partial charge in [0.15, 0.2) is 0 Å². The predicted octanol–water partition coefficient (Wildman–Crippen LogP) is 12.7. The van der Waals surface area contributed by atoms with Crippen molar-refractivity contribution in [2.75, 3.05) is 7.11 Å². The van der Waals surface area contributed by atoms with E-state index in [4.69, 9.17) is 19.6 Å². The van der Waals surface area contributed by atoms with E-state index in [9.17, 15) is 0 Å². The number of fused-ring (bicyclic) bond motifs is 3. The molecule has 7 rings (SSSR count). The fraction of sp³-hybridized carbons (Fsp3) is 0.404. The summed E-state index contributed by atoms with van der Waals surface area (Å²) in [5, 5.41) is 7.82. The Balaban J connectivity index is 1.37. The number of ether oxygens (including phenoxy) is 2. The zero-order valence-corrected chi connectivity index (χ0v) is 33.5. The van der Waals surface area contributed by atoms with E-state index in [1.165, 1.54) is 39.0 Å². The molecule has 0 saturated heterocycles. The second kappa shape index (κ2) is 14.5. The molecule has 3 aromatic carbocycles. The SMILES string of the molecule is CCCc1cc(Oc2ccc3c4ccccc4n(-c4cc(OC)ccn4)c3c2)cc(-n2nc(C(C)C)c(C3C(C)=C(C)[C@H](C)[C@H](C)[C@@H]3C)c2C(C)C)c1. The third-order valence-corrected chi connectivity index (χ3v) is 12.1. The molecule has 0 spiro atoms. The number of nitrogens with zero attached hydrogens (tertiary/aromatic N) is 4. The molecule has 1 aliphatic rings. The van der Waals surface area contributed by atoms with Crippen LogP contribution in [0.5, 0.6) is 17.2 Å². The second-order valence-electron chi connectivity index (χ2n) is 16.0. The number of benzene rings is 3. The van der Waals surface area contributed by atoms with Crippen LogP contribution >= 0.6 is 0 Å². The maximum Gasteiger partial charge on any atom is 0.141 e. The number of aryl methyl sites for hydroxylation is 1. The van der Waals surface area contributed by atoms with Crippen LogP contribution in [0.2, 0.25) is 0 Å². The topological polar surface area (TPSA) is 54.1 Å². The first-order valence-electron chi connectivity index (χ1n) is 19.6. The fourth-order valence-electron chi connectivity index (χ4n) is 8.89. The van der Waals surface area contributed by atoms with E-state index in [2.05, 4.69) is 139 Å². The van der Waals surface area contributed by atoms with Gasteiger partial charge in [0.1, 0.15) is 23.1 Å². The van der Waals surface area contributed by atoms with Gasteiger partial charge in [-0.2, -0.15) is 5.10 Å². The molecule has 0 aliphatic heterocycles. The van der Waals surface area contributed by atoms with Gasteiger partial charge in [-0.15, -0.1) is 0 Å². The van der Waals surface area contributed by atoms with Gasteiger partial charge in [-0.25, -0.2) is 9.67 Å². The van der Waals surface area contributed by atoms with Crippen molar-refractivity contribution in [2.45, 2.75) is 99.8 Å². The third kappa shape index (κ3) is 6.45. The van der Waals surface area contributed by atoms with Gasteiger partial charge >= 0.3 is 0 Å². The average molecular weight is 709 g/mol. The molecule has 0 fully saturated rings. The van der Waals surface area contributed by atoms with E-state index >= 15 is 0 Å². The van der Waals surface area contributed by atoms with Crippen LogP contribution in [-0.4, -0.2) is 26.4 Å². The molecular weight excluding hydrogens is 653 g/mol. The van der Waals surface area contributed by atoms with E-state index in [1.54, 1.807) is 13.3 Å². The van der Waals surface area contributed by atoms with Crippen LogP contribution in [0.1, 0.15) is 116 Å². The van der Waals surface area contributed by atoms with Crippen molar-refractivity contribution in [3.05, 3.63) is 113 Å². The second-order valence-corrected chi connectivity index (χ2v) is 16.0. The Morgan fingerprint density at radius 2 is 1.51 bits per heavy atom. The number of allylic oxidation sites excluding steroid dienone is 2. The normalized spacial score (nSPS) is 19.3. The standard InChI is InChI=1S/C47H56N4O2/c1-12-15-34-22-35(51-47(28(4)5)45(46(49-51)27(2)3)44-32(9)30(7)29(6)31(8)33(44)10)24-38(23-34)53-37-18-19-40-39-16-13-14-17-41(39)50(42(40)25-37)43-26-36(52-11)20-21-48-43/h13-14,16-30,32,44H,12,15H2,1-11H3/t29-,30+,32+,44?/m1/s1. The summed E-state index contributed by atoms with van der Waals surface area (Å²) in [6.07, 6.45) is 3.79. The number of hydrogen-bond donors (Lipinski definition) is 0. The van der Waals surface area contributed by atoms with Crippen LogP contribution in [0.3, 0.4) is 0 Å². The largest absolute Gasteiger partial charge is 0.497 e. The van der Waals surface area contributed by atoms with Crippen LogP contribution in [0, 0.1) is 17.8 Å². The molecule has 6 aromatic rings. The lowest BCUT2D eigenvalue weighted by Crippen LogP contribution is -2.31. The molecule has 0 saturated carbocycles. The number of methoxy groups -OCH3 is 1. The molecule has 6 heteroatoms. The lowest BCUT2D eigenvalue weighted by molar-refractivity contribution is 0.255. The summed E-state index contributed by atoms with van der Waals surface area (Å²) in [5.74, 6) is 5.77. The van der Waals surface area contributed by atoms with E-state index in [-0.39, 0.29) is 5.92 Å². The van der Waals surface area contributed by atoms with Crippen molar-refractivity contribution in [2.24, 2.45) is 17.8 Å². The van der Waals surface area contributed by atoms with Crippen molar-refractivity contribution >= 4 is 21.8 Å². The van der Waals surface area contributed by atoms with Crippen LogP contribution in [-0.2, 0) is 6.42 Å². The summed E-state index contributed by atoms with van der Waals surface area (Å²) in [6.45, 7) is 23.5. The van der Waals surface area contributed by atoms with Crippen LogP contribution in [0.15, 0.2) is 90.1 Å². The van der Waals surface area contributed by atoms with Crippen molar-refractivity contribution in [1.82, 2.24) is 19.3 Å². The molecule has 0 bridgehead atoms. The Labute approximate surface area is 315 Å².